The number of para-hydroxylation sites is 1. The number of anilines is 1. The van der Waals surface area contributed by atoms with Gasteiger partial charge in [-0.1, -0.05) is 24.6 Å². The molecule has 0 saturated carbocycles. The molecule has 1 heterocycles. The maximum atomic E-state index is 9.02. The van der Waals surface area contributed by atoms with E-state index in [1.165, 1.54) is 24.1 Å². The fourth-order valence-electron chi connectivity index (χ4n) is 2.88. The first-order chi connectivity index (χ1) is 9.03. The summed E-state index contributed by atoms with van der Waals surface area (Å²) in [5.74, 6) is 0. The summed E-state index contributed by atoms with van der Waals surface area (Å²) < 4.78 is 0. The molecule has 1 aromatic carbocycles. The number of rotatable bonds is 5. The summed E-state index contributed by atoms with van der Waals surface area (Å²) in [4.78, 5) is 2.52. The number of hydrogen-bond donors (Lipinski definition) is 0. The molecule has 0 saturated heterocycles. The Morgan fingerprint density at radius 3 is 2.79 bits per heavy atom. The molecule has 19 heavy (non-hydrogen) atoms. The van der Waals surface area contributed by atoms with Gasteiger partial charge in [-0.3, -0.25) is 0 Å². The van der Waals surface area contributed by atoms with E-state index in [-0.39, 0.29) is 5.41 Å². The molecule has 1 atom stereocenters. The molecule has 0 N–H and O–H groups in total. The van der Waals surface area contributed by atoms with Gasteiger partial charge in [0.25, 0.3) is 0 Å². The number of fused-ring (bicyclic) bond motifs is 1. The molecule has 102 valence electrons. The lowest BCUT2D eigenvalue weighted by Crippen LogP contribution is -2.30. The van der Waals surface area contributed by atoms with Crippen molar-refractivity contribution in [3.63, 3.8) is 0 Å². The van der Waals surface area contributed by atoms with Gasteiger partial charge >= 0.3 is 0 Å². The maximum Gasteiger partial charge on any atom is 0.0683 e. The van der Waals surface area contributed by atoms with E-state index in [0.29, 0.717) is 6.04 Å². The average Bonchev–Trinajstić information content (AvgIpc) is 2.71. The van der Waals surface area contributed by atoms with Crippen molar-refractivity contribution in [3.8, 4) is 6.07 Å². The smallest absolute Gasteiger partial charge is 0.0683 e. The molecule has 1 unspecified atom stereocenters. The maximum absolute atomic E-state index is 9.02. The Labute approximate surface area is 117 Å². The van der Waals surface area contributed by atoms with E-state index < -0.39 is 0 Å². The zero-order valence-electron chi connectivity index (χ0n) is 12.3. The summed E-state index contributed by atoms with van der Waals surface area (Å²) in [6.45, 7) is 7.47. The Balaban J connectivity index is 1.86. The number of unbranched alkanes of at least 4 members (excludes halogenated alkanes) is 1. The summed E-state index contributed by atoms with van der Waals surface area (Å²) in [6.07, 6.45) is 4.46. The van der Waals surface area contributed by atoms with E-state index in [9.17, 15) is 0 Å². The lowest BCUT2D eigenvalue weighted by molar-refractivity contribution is 0.425. The first kappa shape index (κ1) is 13.9. The van der Waals surface area contributed by atoms with E-state index >= 15 is 0 Å². The highest BCUT2D eigenvalue weighted by Crippen LogP contribution is 2.32. The normalized spacial score (nSPS) is 18.2. The molecule has 0 radical (unpaired) electrons. The Morgan fingerprint density at radius 2 is 2.05 bits per heavy atom. The van der Waals surface area contributed by atoms with Crippen molar-refractivity contribution in [2.45, 2.75) is 52.5 Å². The molecule has 0 aromatic heterocycles. The van der Waals surface area contributed by atoms with E-state index in [4.69, 9.17) is 5.26 Å². The molecular weight excluding hydrogens is 232 g/mol. The van der Waals surface area contributed by atoms with Crippen LogP contribution in [-0.4, -0.2) is 12.6 Å². The summed E-state index contributed by atoms with van der Waals surface area (Å²) in [7, 11) is 0. The van der Waals surface area contributed by atoms with Gasteiger partial charge in [0.2, 0.25) is 0 Å². The predicted molar refractivity (Wildman–Crippen MR) is 80.2 cm³/mol. The Bertz CT molecular complexity index is 470. The van der Waals surface area contributed by atoms with Crippen LogP contribution < -0.4 is 4.90 Å². The topological polar surface area (TPSA) is 27.0 Å². The third-order valence-electron chi connectivity index (χ3n) is 4.10. The molecule has 1 aliphatic heterocycles. The largest absolute Gasteiger partial charge is 0.368 e. The Morgan fingerprint density at radius 1 is 1.32 bits per heavy atom. The van der Waals surface area contributed by atoms with Crippen molar-refractivity contribution >= 4 is 5.69 Å². The average molecular weight is 256 g/mol. The van der Waals surface area contributed by atoms with E-state index in [0.717, 1.165) is 19.4 Å². The fraction of sp³-hybridized carbons (Fsp3) is 0.588. The van der Waals surface area contributed by atoms with Gasteiger partial charge in [-0.2, -0.15) is 5.26 Å². The molecule has 2 heteroatoms. The van der Waals surface area contributed by atoms with Crippen molar-refractivity contribution in [2.24, 2.45) is 5.41 Å². The highest BCUT2D eigenvalue weighted by molar-refractivity contribution is 5.59. The minimum absolute atomic E-state index is 0.172. The van der Waals surface area contributed by atoms with Crippen LogP contribution in [0.1, 0.15) is 45.6 Å². The second-order valence-corrected chi connectivity index (χ2v) is 6.33. The molecule has 1 aliphatic rings. The van der Waals surface area contributed by atoms with Gasteiger partial charge in [-0.25, -0.2) is 0 Å². The van der Waals surface area contributed by atoms with Gasteiger partial charge in [0.05, 0.1) is 11.5 Å². The van der Waals surface area contributed by atoms with Gasteiger partial charge in [-0.05, 0) is 51.7 Å². The number of nitrogens with zero attached hydrogens (tertiary/aromatic N) is 2. The standard InChI is InChI=1S/C17H24N2/c1-14-12-15-8-4-5-9-16(15)19(14)11-7-6-10-17(2,3)13-18/h4-5,8-9,14H,6-7,10-12H2,1-3H3. The van der Waals surface area contributed by atoms with Crippen molar-refractivity contribution in [1.29, 1.82) is 5.26 Å². The van der Waals surface area contributed by atoms with Crippen LogP contribution in [0.25, 0.3) is 0 Å². The molecule has 0 amide bonds. The van der Waals surface area contributed by atoms with Gasteiger partial charge in [0.1, 0.15) is 0 Å². The van der Waals surface area contributed by atoms with Crippen LogP contribution in [0.2, 0.25) is 0 Å². The molecule has 2 rings (SSSR count). The number of nitriles is 1. The number of benzene rings is 1. The van der Waals surface area contributed by atoms with E-state index in [1.807, 2.05) is 13.8 Å². The Hall–Kier alpha value is -1.49. The lowest BCUT2D eigenvalue weighted by Gasteiger charge is -2.25. The van der Waals surface area contributed by atoms with Crippen molar-refractivity contribution in [2.75, 3.05) is 11.4 Å². The monoisotopic (exact) mass is 256 g/mol. The molecular formula is C17H24N2. The van der Waals surface area contributed by atoms with Crippen LogP contribution in [0, 0.1) is 16.7 Å². The molecule has 0 bridgehead atoms. The first-order valence-corrected chi connectivity index (χ1v) is 7.29. The molecule has 2 nitrogen and oxygen atoms in total. The molecule has 0 spiro atoms. The zero-order valence-corrected chi connectivity index (χ0v) is 12.3. The molecule has 0 fully saturated rings. The second-order valence-electron chi connectivity index (χ2n) is 6.33. The molecule has 0 aliphatic carbocycles. The van der Waals surface area contributed by atoms with Gasteiger partial charge in [0.15, 0.2) is 0 Å². The minimum Gasteiger partial charge on any atom is -0.368 e. The van der Waals surface area contributed by atoms with Crippen molar-refractivity contribution in [3.05, 3.63) is 29.8 Å². The Kier molecular flexibility index (Phi) is 4.14. The third kappa shape index (κ3) is 3.29. The first-order valence-electron chi connectivity index (χ1n) is 7.29. The third-order valence-corrected chi connectivity index (χ3v) is 4.10. The SMILES string of the molecule is CC1Cc2ccccc2N1CCCCC(C)(C)C#N. The lowest BCUT2D eigenvalue weighted by atomic mass is 9.89. The summed E-state index contributed by atoms with van der Waals surface area (Å²) in [5, 5.41) is 9.02. The highest BCUT2D eigenvalue weighted by atomic mass is 15.2. The van der Waals surface area contributed by atoms with Crippen LogP contribution >= 0.6 is 0 Å². The van der Waals surface area contributed by atoms with Crippen LogP contribution in [0.5, 0.6) is 0 Å². The highest BCUT2D eigenvalue weighted by Gasteiger charge is 2.25. The van der Waals surface area contributed by atoms with Gasteiger partial charge in [-0.15, -0.1) is 0 Å². The second kappa shape index (κ2) is 5.65. The van der Waals surface area contributed by atoms with E-state index in [2.05, 4.69) is 42.2 Å². The summed E-state index contributed by atoms with van der Waals surface area (Å²) in [6, 6.07) is 11.7. The van der Waals surface area contributed by atoms with Crippen molar-refractivity contribution in [1.82, 2.24) is 0 Å². The van der Waals surface area contributed by atoms with Gasteiger partial charge in [0, 0.05) is 18.3 Å². The van der Waals surface area contributed by atoms with Crippen LogP contribution in [-0.2, 0) is 6.42 Å². The minimum atomic E-state index is -0.172. The number of hydrogen-bond acceptors (Lipinski definition) is 2. The van der Waals surface area contributed by atoms with Gasteiger partial charge < -0.3 is 4.90 Å². The summed E-state index contributed by atoms with van der Waals surface area (Å²) in [5.41, 5.74) is 2.72. The quantitative estimate of drug-likeness (QED) is 0.740. The van der Waals surface area contributed by atoms with Crippen LogP contribution in [0.3, 0.4) is 0 Å². The fourth-order valence-corrected chi connectivity index (χ4v) is 2.88. The van der Waals surface area contributed by atoms with Crippen LogP contribution in [0.15, 0.2) is 24.3 Å². The van der Waals surface area contributed by atoms with Crippen molar-refractivity contribution < 1.29 is 0 Å². The zero-order chi connectivity index (χ0) is 13.9. The van der Waals surface area contributed by atoms with E-state index in [1.54, 1.807) is 0 Å². The van der Waals surface area contributed by atoms with Crippen LogP contribution in [0.4, 0.5) is 5.69 Å². The summed E-state index contributed by atoms with van der Waals surface area (Å²) >= 11 is 0. The molecule has 1 aromatic rings. The predicted octanol–water partition coefficient (Wildman–Crippen LogP) is 4.16.